The number of fused-ring (bicyclic) bond motifs is 1. The third-order valence-electron chi connectivity index (χ3n) is 1.91. The van der Waals surface area contributed by atoms with E-state index in [0.29, 0.717) is 6.54 Å². The van der Waals surface area contributed by atoms with Crippen molar-refractivity contribution in [3.05, 3.63) is 36.3 Å². The highest BCUT2D eigenvalue weighted by Crippen LogP contribution is 2.05. The SMILES string of the molecule is NCCc1cccc2nccn12. The van der Waals surface area contributed by atoms with Gasteiger partial charge in [-0.2, -0.15) is 0 Å². The molecule has 0 aliphatic carbocycles. The summed E-state index contributed by atoms with van der Waals surface area (Å²) in [5.74, 6) is 0. The zero-order valence-corrected chi connectivity index (χ0v) is 6.77. The molecule has 0 atom stereocenters. The lowest BCUT2D eigenvalue weighted by Gasteiger charge is -2.01. The minimum absolute atomic E-state index is 0.678. The number of nitrogens with two attached hydrogens (primary N) is 1. The summed E-state index contributed by atoms with van der Waals surface area (Å²) >= 11 is 0. The van der Waals surface area contributed by atoms with E-state index in [1.54, 1.807) is 6.20 Å². The van der Waals surface area contributed by atoms with Gasteiger partial charge < -0.3 is 10.1 Å². The van der Waals surface area contributed by atoms with Gasteiger partial charge >= 0.3 is 0 Å². The van der Waals surface area contributed by atoms with Crippen LogP contribution in [0.15, 0.2) is 30.6 Å². The first-order valence-corrected chi connectivity index (χ1v) is 4.03. The normalized spacial score (nSPS) is 10.8. The van der Waals surface area contributed by atoms with Gasteiger partial charge in [-0.1, -0.05) is 6.07 Å². The first kappa shape index (κ1) is 7.31. The molecule has 3 heteroatoms. The molecule has 2 heterocycles. The monoisotopic (exact) mass is 161 g/mol. The molecule has 0 bridgehead atoms. The van der Waals surface area contributed by atoms with Crippen LogP contribution in [0.3, 0.4) is 0 Å². The van der Waals surface area contributed by atoms with Gasteiger partial charge in [0.25, 0.3) is 0 Å². The van der Waals surface area contributed by atoms with Crippen molar-refractivity contribution in [2.75, 3.05) is 6.54 Å². The second-order valence-electron chi connectivity index (χ2n) is 2.71. The Balaban J connectivity index is 2.57. The first-order chi connectivity index (χ1) is 5.92. The summed E-state index contributed by atoms with van der Waals surface area (Å²) in [6.45, 7) is 0.678. The summed E-state index contributed by atoms with van der Waals surface area (Å²) < 4.78 is 2.06. The van der Waals surface area contributed by atoms with E-state index in [1.807, 2.05) is 18.3 Å². The van der Waals surface area contributed by atoms with Gasteiger partial charge in [0.15, 0.2) is 0 Å². The maximum Gasteiger partial charge on any atom is 0.136 e. The van der Waals surface area contributed by atoms with Crippen molar-refractivity contribution in [2.45, 2.75) is 6.42 Å². The molecule has 2 rings (SSSR count). The van der Waals surface area contributed by atoms with Gasteiger partial charge in [-0.3, -0.25) is 0 Å². The number of pyridine rings is 1. The summed E-state index contributed by atoms with van der Waals surface area (Å²) in [5.41, 5.74) is 7.69. The van der Waals surface area contributed by atoms with Gasteiger partial charge in [-0.05, 0) is 18.7 Å². The molecule has 2 aromatic heterocycles. The average Bonchev–Trinajstić information content (AvgIpc) is 2.53. The van der Waals surface area contributed by atoms with Gasteiger partial charge in [-0.25, -0.2) is 4.98 Å². The summed E-state index contributed by atoms with van der Waals surface area (Å²) in [7, 11) is 0. The summed E-state index contributed by atoms with van der Waals surface area (Å²) in [5, 5.41) is 0. The molecule has 0 unspecified atom stereocenters. The molecule has 0 saturated carbocycles. The maximum atomic E-state index is 5.49. The molecule has 0 amide bonds. The van der Waals surface area contributed by atoms with Crippen LogP contribution in [-0.2, 0) is 6.42 Å². The highest BCUT2D eigenvalue weighted by Gasteiger charge is 1.97. The second-order valence-corrected chi connectivity index (χ2v) is 2.71. The van der Waals surface area contributed by atoms with E-state index in [-0.39, 0.29) is 0 Å². The van der Waals surface area contributed by atoms with Crippen molar-refractivity contribution < 1.29 is 0 Å². The molecule has 12 heavy (non-hydrogen) atoms. The van der Waals surface area contributed by atoms with Crippen molar-refractivity contribution in [3.8, 4) is 0 Å². The van der Waals surface area contributed by atoms with Crippen LogP contribution in [0.2, 0.25) is 0 Å². The van der Waals surface area contributed by atoms with E-state index in [9.17, 15) is 0 Å². The lowest BCUT2D eigenvalue weighted by molar-refractivity contribution is 0.896. The minimum atomic E-state index is 0.678. The number of imidazole rings is 1. The third-order valence-corrected chi connectivity index (χ3v) is 1.91. The van der Waals surface area contributed by atoms with Crippen LogP contribution in [0.25, 0.3) is 5.65 Å². The highest BCUT2D eigenvalue weighted by molar-refractivity contribution is 5.39. The van der Waals surface area contributed by atoms with E-state index in [2.05, 4.69) is 15.5 Å². The Hall–Kier alpha value is -1.35. The van der Waals surface area contributed by atoms with Crippen molar-refractivity contribution in [1.82, 2.24) is 9.38 Å². The van der Waals surface area contributed by atoms with Gasteiger partial charge in [0, 0.05) is 24.5 Å². The van der Waals surface area contributed by atoms with Crippen LogP contribution < -0.4 is 5.73 Å². The smallest absolute Gasteiger partial charge is 0.136 e. The Bertz CT molecular complexity index is 378. The number of hydrogen-bond donors (Lipinski definition) is 1. The molecule has 0 saturated heterocycles. The molecular formula is C9H11N3. The Labute approximate surface area is 70.8 Å². The second kappa shape index (κ2) is 2.95. The minimum Gasteiger partial charge on any atom is -0.330 e. The highest BCUT2D eigenvalue weighted by atomic mass is 15.0. The maximum absolute atomic E-state index is 5.49. The Morgan fingerprint density at radius 3 is 3.17 bits per heavy atom. The van der Waals surface area contributed by atoms with Crippen molar-refractivity contribution in [3.63, 3.8) is 0 Å². The van der Waals surface area contributed by atoms with E-state index in [0.717, 1.165) is 12.1 Å². The standard InChI is InChI=1S/C9H11N3/c10-5-4-8-2-1-3-9-11-6-7-12(8)9/h1-3,6-7H,4-5,10H2. The molecule has 0 spiro atoms. The Morgan fingerprint density at radius 2 is 2.33 bits per heavy atom. The Kier molecular flexibility index (Phi) is 1.80. The Morgan fingerprint density at radius 1 is 1.42 bits per heavy atom. The number of aromatic nitrogens is 2. The van der Waals surface area contributed by atoms with Crippen LogP contribution in [0.1, 0.15) is 5.69 Å². The molecule has 0 aromatic carbocycles. The molecule has 3 nitrogen and oxygen atoms in total. The van der Waals surface area contributed by atoms with E-state index in [1.165, 1.54) is 5.69 Å². The van der Waals surface area contributed by atoms with Gasteiger partial charge in [0.1, 0.15) is 5.65 Å². The fraction of sp³-hybridized carbons (Fsp3) is 0.222. The van der Waals surface area contributed by atoms with Crippen LogP contribution in [0, 0.1) is 0 Å². The predicted molar refractivity (Wildman–Crippen MR) is 48.0 cm³/mol. The summed E-state index contributed by atoms with van der Waals surface area (Å²) in [6, 6.07) is 6.06. The summed E-state index contributed by atoms with van der Waals surface area (Å²) in [6.07, 6.45) is 4.66. The van der Waals surface area contributed by atoms with E-state index in [4.69, 9.17) is 5.73 Å². The third kappa shape index (κ3) is 1.08. The number of nitrogens with zero attached hydrogens (tertiary/aromatic N) is 2. The van der Waals surface area contributed by atoms with Gasteiger partial charge in [0.05, 0.1) is 0 Å². The van der Waals surface area contributed by atoms with Crippen LogP contribution in [-0.4, -0.2) is 15.9 Å². The molecular weight excluding hydrogens is 150 g/mol. The van der Waals surface area contributed by atoms with Crippen LogP contribution in [0.5, 0.6) is 0 Å². The van der Waals surface area contributed by atoms with Crippen LogP contribution in [0.4, 0.5) is 0 Å². The zero-order chi connectivity index (χ0) is 8.39. The van der Waals surface area contributed by atoms with Crippen LogP contribution >= 0.6 is 0 Å². The molecule has 62 valence electrons. The first-order valence-electron chi connectivity index (χ1n) is 4.03. The fourth-order valence-corrected chi connectivity index (χ4v) is 1.36. The van der Waals surface area contributed by atoms with Gasteiger partial charge in [0.2, 0.25) is 0 Å². The van der Waals surface area contributed by atoms with E-state index < -0.39 is 0 Å². The number of rotatable bonds is 2. The zero-order valence-electron chi connectivity index (χ0n) is 6.77. The fourth-order valence-electron chi connectivity index (χ4n) is 1.36. The lowest BCUT2D eigenvalue weighted by Crippen LogP contribution is -2.06. The molecule has 0 aliphatic heterocycles. The molecule has 0 radical (unpaired) electrons. The molecule has 2 aromatic rings. The lowest BCUT2D eigenvalue weighted by atomic mass is 10.2. The molecule has 0 fully saturated rings. The predicted octanol–water partition coefficient (Wildman–Crippen LogP) is 0.835. The van der Waals surface area contributed by atoms with Crippen molar-refractivity contribution >= 4 is 5.65 Å². The van der Waals surface area contributed by atoms with Crippen molar-refractivity contribution in [2.24, 2.45) is 5.73 Å². The summed E-state index contributed by atoms with van der Waals surface area (Å²) in [4.78, 5) is 4.18. The molecule has 2 N–H and O–H groups in total. The molecule has 0 aliphatic rings. The van der Waals surface area contributed by atoms with Gasteiger partial charge in [-0.15, -0.1) is 0 Å². The number of hydrogen-bond acceptors (Lipinski definition) is 2. The largest absolute Gasteiger partial charge is 0.330 e. The quantitative estimate of drug-likeness (QED) is 0.709. The van der Waals surface area contributed by atoms with Crippen molar-refractivity contribution in [1.29, 1.82) is 0 Å². The average molecular weight is 161 g/mol. The topological polar surface area (TPSA) is 43.3 Å². The van der Waals surface area contributed by atoms with E-state index >= 15 is 0 Å².